The summed E-state index contributed by atoms with van der Waals surface area (Å²) in [5.74, 6) is 1.58. The van der Waals surface area contributed by atoms with Crippen molar-refractivity contribution < 1.29 is 4.79 Å². The Morgan fingerprint density at radius 2 is 2.15 bits per heavy atom. The molecule has 9 heteroatoms. The summed E-state index contributed by atoms with van der Waals surface area (Å²) in [4.78, 5) is 14.2. The van der Waals surface area contributed by atoms with Crippen molar-refractivity contribution in [3.63, 3.8) is 0 Å². The van der Waals surface area contributed by atoms with E-state index in [0.29, 0.717) is 24.3 Å². The summed E-state index contributed by atoms with van der Waals surface area (Å²) in [6.07, 6.45) is 0.359. The molecule has 0 saturated heterocycles. The van der Waals surface area contributed by atoms with Crippen LogP contribution in [-0.2, 0) is 11.3 Å². The first-order chi connectivity index (χ1) is 12.6. The highest BCUT2D eigenvalue weighted by molar-refractivity contribution is 7.99. The fraction of sp³-hybridized carbons (Fsp3) is 0.235. The number of amides is 1. The minimum Gasteiger partial charge on any atom is -0.355 e. The van der Waals surface area contributed by atoms with E-state index in [1.807, 2.05) is 46.3 Å². The fourth-order valence-corrected chi connectivity index (χ4v) is 4.15. The van der Waals surface area contributed by atoms with Gasteiger partial charge in [0, 0.05) is 35.2 Å². The van der Waals surface area contributed by atoms with E-state index in [9.17, 15) is 4.79 Å². The summed E-state index contributed by atoms with van der Waals surface area (Å²) in [6.45, 7) is 1.11. The van der Waals surface area contributed by atoms with Crippen molar-refractivity contribution >= 4 is 52.8 Å². The van der Waals surface area contributed by atoms with E-state index in [2.05, 4.69) is 15.5 Å². The molecular weight excluding hydrogens is 408 g/mol. The van der Waals surface area contributed by atoms with Gasteiger partial charge in [0.25, 0.3) is 0 Å². The molecule has 0 aliphatic rings. The van der Waals surface area contributed by atoms with E-state index in [0.717, 1.165) is 26.4 Å². The number of nitrogens with zero attached hydrogens (tertiary/aromatic N) is 2. The predicted molar refractivity (Wildman–Crippen MR) is 111 cm³/mol. The highest BCUT2D eigenvalue weighted by atomic mass is 35.5. The predicted octanol–water partition coefficient (Wildman–Crippen LogP) is 4.62. The number of aromatic amines is 1. The standard InChI is InChI=1S/C17H17ClN4OS3/c18-12-3-5-13(6-4-12)25-11-8-19-15(23)7-9-22-16(20-21-17(22)24)14-2-1-10-26-14/h1-6,10H,7-9,11H2,(H,19,23)(H,21,24). The van der Waals surface area contributed by atoms with Crippen LogP contribution in [0.15, 0.2) is 46.7 Å². The second kappa shape index (κ2) is 9.36. The van der Waals surface area contributed by atoms with E-state index in [1.54, 1.807) is 23.1 Å². The Bertz CT molecular complexity index is 903. The Labute approximate surface area is 169 Å². The molecule has 2 heterocycles. The van der Waals surface area contributed by atoms with Crippen LogP contribution in [0, 0.1) is 4.77 Å². The van der Waals surface area contributed by atoms with Gasteiger partial charge in [-0.2, -0.15) is 5.10 Å². The van der Waals surface area contributed by atoms with Crippen LogP contribution in [0.3, 0.4) is 0 Å². The number of rotatable bonds is 8. The minimum absolute atomic E-state index is 0.00179. The number of benzene rings is 1. The topological polar surface area (TPSA) is 62.7 Å². The van der Waals surface area contributed by atoms with E-state index in [-0.39, 0.29) is 5.91 Å². The third-order valence-electron chi connectivity index (χ3n) is 3.57. The van der Waals surface area contributed by atoms with Crippen LogP contribution in [0.4, 0.5) is 0 Å². The Hall–Kier alpha value is -1.61. The molecule has 2 N–H and O–H groups in total. The first-order valence-corrected chi connectivity index (χ1v) is 10.6. The molecule has 1 amide bonds. The van der Waals surface area contributed by atoms with Crippen molar-refractivity contribution in [1.29, 1.82) is 0 Å². The molecule has 2 aromatic heterocycles. The van der Waals surface area contributed by atoms with Crippen molar-refractivity contribution in [2.75, 3.05) is 12.3 Å². The average Bonchev–Trinajstić information content (AvgIpc) is 3.28. The number of hydrogen-bond acceptors (Lipinski definition) is 5. The Kier molecular flexibility index (Phi) is 6.90. The maximum Gasteiger partial charge on any atom is 0.221 e. The van der Waals surface area contributed by atoms with Crippen LogP contribution < -0.4 is 5.32 Å². The second-order valence-corrected chi connectivity index (χ2v) is 8.32. The van der Waals surface area contributed by atoms with Gasteiger partial charge in [-0.1, -0.05) is 17.7 Å². The Morgan fingerprint density at radius 1 is 1.35 bits per heavy atom. The maximum absolute atomic E-state index is 12.1. The van der Waals surface area contributed by atoms with Gasteiger partial charge >= 0.3 is 0 Å². The molecule has 136 valence electrons. The van der Waals surface area contributed by atoms with Crippen molar-refractivity contribution in [2.45, 2.75) is 17.9 Å². The van der Waals surface area contributed by atoms with Gasteiger partial charge < -0.3 is 5.32 Å². The summed E-state index contributed by atoms with van der Waals surface area (Å²) in [6, 6.07) is 11.6. The first-order valence-electron chi connectivity index (χ1n) is 7.97. The van der Waals surface area contributed by atoms with Crippen LogP contribution in [0.2, 0.25) is 5.02 Å². The van der Waals surface area contributed by atoms with Gasteiger partial charge in [-0.3, -0.25) is 14.5 Å². The molecular formula is C17H17ClN4OS3. The number of halogens is 1. The Morgan fingerprint density at radius 3 is 2.88 bits per heavy atom. The number of hydrogen-bond donors (Lipinski definition) is 2. The number of H-pyrrole nitrogens is 1. The normalized spacial score (nSPS) is 10.8. The molecule has 26 heavy (non-hydrogen) atoms. The summed E-state index contributed by atoms with van der Waals surface area (Å²) in [5, 5.41) is 12.7. The van der Waals surface area contributed by atoms with Crippen molar-refractivity contribution in [3.05, 3.63) is 51.6 Å². The number of aromatic nitrogens is 3. The van der Waals surface area contributed by atoms with Crippen LogP contribution in [0.5, 0.6) is 0 Å². The summed E-state index contributed by atoms with van der Waals surface area (Å²) in [5.41, 5.74) is 0. The molecule has 0 fully saturated rings. The van der Waals surface area contributed by atoms with E-state index < -0.39 is 0 Å². The number of carbonyl (C=O) groups is 1. The molecule has 0 aliphatic heterocycles. The molecule has 0 unspecified atom stereocenters. The van der Waals surface area contributed by atoms with Crippen LogP contribution in [0.25, 0.3) is 10.7 Å². The molecule has 1 aromatic carbocycles. The lowest BCUT2D eigenvalue weighted by Crippen LogP contribution is -2.26. The highest BCUT2D eigenvalue weighted by Gasteiger charge is 2.11. The van der Waals surface area contributed by atoms with Gasteiger partial charge in [0.2, 0.25) is 5.91 Å². The number of thioether (sulfide) groups is 1. The van der Waals surface area contributed by atoms with Crippen molar-refractivity contribution in [3.8, 4) is 10.7 Å². The second-order valence-electron chi connectivity index (χ2n) is 5.38. The van der Waals surface area contributed by atoms with Gasteiger partial charge in [-0.15, -0.1) is 23.1 Å². The Balaban J connectivity index is 1.44. The number of nitrogens with one attached hydrogen (secondary N) is 2. The van der Waals surface area contributed by atoms with Crippen molar-refractivity contribution in [2.24, 2.45) is 0 Å². The van der Waals surface area contributed by atoms with Gasteiger partial charge in [-0.05, 0) is 47.9 Å². The zero-order valence-corrected chi connectivity index (χ0v) is 17.0. The lowest BCUT2D eigenvalue weighted by molar-refractivity contribution is -0.121. The molecule has 0 aliphatic carbocycles. The number of thiophene rings is 1. The lowest BCUT2D eigenvalue weighted by Gasteiger charge is -2.07. The highest BCUT2D eigenvalue weighted by Crippen LogP contribution is 2.23. The molecule has 0 atom stereocenters. The van der Waals surface area contributed by atoms with Gasteiger partial charge in [0.05, 0.1) is 4.88 Å². The monoisotopic (exact) mass is 424 g/mol. The smallest absolute Gasteiger partial charge is 0.221 e. The quantitative estimate of drug-likeness (QED) is 0.314. The molecule has 0 radical (unpaired) electrons. The SMILES string of the molecule is O=C(CCn1c(-c2cccs2)n[nH]c1=S)NCCSc1ccc(Cl)cc1. The lowest BCUT2D eigenvalue weighted by atomic mass is 10.3. The molecule has 5 nitrogen and oxygen atoms in total. The zero-order valence-electron chi connectivity index (χ0n) is 13.8. The van der Waals surface area contributed by atoms with E-state index >= 15 is 0 Å². The van der Waals surface area contributed by atoms with Crippen molar-refractivity contribution in [1.82, 2.24) is 20.1 Å². The number of carbonyl (C=O) groups excluding carboxylic acids is 1. The zero-order chi connectivity index (χ0) is 18.4. The van der Waals surface area contributed by atoms with Gasteiger partial charge in [0.1, 0.15) is 0 Å². The molecule has 3 rings (SSSR count). The van der Waals surface area contributed by atoms with E-state index in [1.165, 1.54) is 0 Å². The maximum atomic E-state index is 12.1. The third kappa shape index (κ3) is 5.20. The van der Waals surface area contributed by atoms with Crippen LogP contribution in [0.1, 0.15) is 6.42 Å². The summed E-state index contributed by atoms with van der Waals surface area (Å²) >= 11 is 14.4. The minimum atomic E-state index is 0.00179. The molecule has 3 aromatic rings. The summed E-state index contributed by atoms with van der Waals surface area (Å²) in [7, 11) is 0. The van der Waals surface area contributed by atoms with Crippen LogP contribution in [-0.4, -0.2) is 33.0 Å². The molecule has 0 saturated carbocycles. The average molecular weight is 425 g/mol. The van der Waals surface area contributed by atoms with E-state index in [4.69, 9.17) is 23.8 Å². The fourth-order valence-electron chi connectivity index (χ4n) is 2.31. The largest absolute Gasteiger partial charge is 0.355 e. The van der Waals surface area contributed by atoms with Gasteiger partial charge in [-0.25, -0.2) is 0 Å². The molecule has 0 spiro atoms. The summed E-state index contributed by atoms with van der Waals surface area (Å²) < 4.78 is 2.39. The van der Waals surface area contributed by atoms with Crippen LogP contribution >= 0.6 is 46.9 Å². The first kappa shape index (κ1) is 19.2. The third-order valence-corrected chi connectivity index (χ3v) is 6.01. The molecule has 0 bridgehead atoms. The van der Waals surface area contributed by atoms with Gasteiger partial charge in [0.15, 0.2) is 10.6 Å².